The SMILES string of the molecule is Cc1nccn2c(C3CCN(C4CCOCC4)CC3)ncc12. The van der Waals surface area contributed by atoms with Crippen molar-refractivity contribution in [3.8, 4) is 0 Å². The molecule has 2 aromatic rings. The number of hydrogen-bond donors (Lipinski definition) is 0. The van der Waals surface area contributed by atoms with Crippen molar-refractivity contribution in [2.75, 3.05) is 26.3 Å². The van der Waals surface area contributed by atoms with Crippen molar-refractivity contribution in [2.24, 2.45) is 0 Å². The Morgan fingerprint density at radius 2 is 1.86 bits per heavy atom. The van der Waals surface area contributed by atoms with E-state index in [-0.39, 0.29) is 0 Å². The summed E-state index contributed by atoms with van der Waals surface area (Å²) in [6, 6.07) is 0.734. The summed E-state index contributed by atoms with van der Waals surface area (Å²) in [6.07, 6.45) is 10.7. The summed E-state index contributed by atoms with van der Waals surface area (Å²) >= 11 is 0. The van der Waals surface area contributed by atoms with Gasteiger partial charge in [-0.05, 0) is 45.7 Å². The van der Waals surface area contributed by atoms with Crippen LogP contribution in [0.5, 0.6) is 0 Å². The molecule has 0 unspecified atom stereocenters. The minimum Gasteiger partial charge on any atom is -0.381 e. The van der Waals surface area contributed by atoms with Gasteiger partial charge in [0.05, 0.1) is 17.4 Å². The molecule has 0 bridgehead atoms. The lowest BCUT2D eigenvalue weighted by Crippen LogP contribution is -2.43. The molecule has 0 spiro atoms. The number of rotatable bonds is 2. The Labute approximate surface area is 131 Å². The van der Waals surface area contributed by atoms with Gasteiger partial charge < -0.3 is 14.0 Å². The highest BCUT2D eigenvalue weighted by Gasteiger charge is 2.28. The maximum absolute atomic E-state index is 5.48. The number of likely N-dealkylation sites (tertiary alicyclic amines) is 1. The van der Waals surface area contributed by atoms with Gasteiger partial charge >= 0.3 is 0 Å². The van der Waals surface area contributed by atoms with Gasteiger partial charge in [-0.2, -0.15) is 0 Å². The predicted octanol–water partition coefficient (Wildman–Crippen LogP) is 2.40. The molecule has 2 aliphatic heterocycles. The molecule has 0 atom stereocenters. The van der Waals surface area contributed by atoms with Gasteiger partial charge in [0.1, 0.15) is 5.82 Å². The standard InChI is InChI=1S/C17H24N4O/c1-13-16-12-19-17(21(16)9-6-18-13)14-2-7-20(8-3-14)15-4-10-22-11-5-15/h6,9,12,14-15H,2-5,7-8,10-11H2,1H3. The Hall–Kier alpha value is -1.46. The minimum atomic E-state index is 0.570. The molecule has 2 aliphatic rings. The van der Waals surface area contributed by atoms with Crippen LogP contribution in [-0.4, -0.2) is 51.6 Å². The summed E-state index contributed by atoms with van der Waals surface area (Å²) in [7, 11) is 0. The van der Waals surface area contributed by atoms with Crippen molar-refractivity contribution in [2.45, 2.75) is 44.6 Å². The molecule has 118 valence electrons. The average molecular weight is 300 g/mol. The zero-order chi connectivity index (χ0) is 14.9. The topological polar surface area (TPSA) is 42.7 Å². The van der Waals surface area contributed by atoms with E-state index in [0.29, 0.717) is 5.92 Å². The van der Waals surface area contributed by atoms with Crippen molar-refractivity contribution in [3.63, 3.8) is 0 Å². The fourth-order valence-corrected chi connectivity index (χ4v) is 3.95. The van der Waals surface area contributed by atoms with Crippen molar-refractivity contribution >= 4 is 5.52 Å². The fourth-order valence-electron chi connectivity index (χ4n) is 3.95. The van der Waals surface area contributed by atoms with Crippen molar-refractivity contribution in [1.82, 2.24) is 19.3 Å². The quantitative estimate of drug-likeness (QED) is 0.854. The molecule has 0 saturated carbocycles. The van der Waals surface area contributed by atoms with E-state index in [0.717, 1.165) is 30.5 Å². The lowest BCUT2D eigenvalue weighted by Gasteiger charge is -2.38. The first-order valence-electron chi connectivity index (χ1n) is 8.43. The van der Waals surface area contributed by atoms with Gasteiger partial charge in [-0.1, -0.05) is 0 Å². The molecule has 0 aromatic carbocycles. The van der Waals surface area contributed by atoms with Gasteiger partial charge in [-0.25, -0.2) is 4.98 Å². The van der Waals surface area contributed by atoms with Crippen LogP contribution in [-0.2, 0) is 4.74 Å². The Balaban J connectivity index is 1.47. The molecule has 4 heterocycles. The van der Waals surface area contributed by atoms with E-state index in [1.165, 1.54) is 44.6 Å². The van der Waals surface area contributed by atoms with E-state index in [9.17, 15) is 0 Å². The third kappa shape index (κ3) is 2.52. The van der Waals surface area contributed by atoms with Gasteiger partial charge in [-0.15, -0.1) is 0 Å². The van der Waals surface area contributed by atoms with E-state index in [1.807, 2.05) is 12.4 Å². The minimum absolute atomic E-state index is 0.570. The second-order valence-electron chi connectivity index (χ2n) is 6.54. The van der Waals surface area contributed by atoms with E-state index in [1.54, 1.807) is 0 Å². The van der Waals surface area contributed by atoms with Crippen molar-refractivity contribution in [1.29, 1.82) is 0 Å². The number of fused-ring (bicyclic) bond motifs is 1. The maximum atomic E-state index is 5.48. The number of nitrogens with zero attached hydrogens (tertiary/aromatic N) is 4. The maximum Gasteiger partial charge on any atom is 0.116 e. The number of imidazole rings is 1. The predicted molar refractivity (Wildman–Crippen MR) is 85.1 cm³/mol. The first-order valence-corrected chi connectivity index (χ1v) is 8.43. The molecule has 0 N–H and O–H groups in total. The van der Waals surface area contributed by atoms with E-state index in [4.69, 9.17) is 9.72 Å². The molecule has 2 fully saturated rings. The van der Waals surface area contributed by atoms with Crippen LogP contribution < -0.4 is 0 Å². The Bertz CT molecular complexity index is 639. The third-order valence-corrected chi connectivity index (χ3v) is 5.28. The lowest BCUT2D eigenvalue weighted by molar-refractivity contribution is 0.0248. The van der Waals surface area contributed by atoms with Gasteiger partial charge in [0.15, 0.2) is 0 Å². The largest absolute Gasteiger partial charge is 0.381 e. The van der Waals surface area contributed by atoms with Crippen LogP contribution in [0.15, 0.2) is 18.6 Å². The van der Waals surface area contributed by atoms with Gasteiger partial charge in [0, 0.05) is 37.6 Å². The summed E-state index contributed by atoms with van der Waals surface area (Å²) in [5.41, 5.74) is 2.20. The Morgan fingerprint density at radius 3 is 2.64 bits per heavy atom. The fraction of sp³-hybridized carbons (Fsp3) is 0.647. The van der Waals surface area contributed by atoms with Gasteiger partial charge in [-0.3, -0.25) is 4.98 Å². The Kier molecular flexibility index (Phi) is 3.84. The van der Waals surface area contributed by atoms with Crippen LogP contribution in [0, 0.1) is 6.92 Å². The number of ether oxygens (including phenoxy) is 1. The normalized spacial score (nSPS) is 22.4. The zero-order valence-electron chi connectivity index (χ0n) is 13.2. The summed E-state index contributed by atoms with van der Waals surface area (Å²) in [4.78, 5) is 11.7. The molecule has 0 amide bonds. The highest BCUT2D eigenvalue weighted by Crippen LogP contribution is 2.30. The zero-order valence-corrected chi connectivity index (χ0v) is 13.2. The number of aryl methyl sites for hydroxylation is 1. The molecule has 0 radical (unpaired) electrons. The number of hydrogen-bond acceptors (Lipinski definition) is 4. The van der Waals surface area contributed by atoms with E-state index < -0.39 is 0 Å². The van der Waals surface area contributed by atoms with Crippen LogP contribution in [0.25, 0.3) is 5.52 Å². The average Bonchev–Trinajstić information content (AvgIpc) is 3.01. The molecular weight excluding hydrogens is 276 g/mol. The van der Waals surface area contributed by atoms with Gasteiger partial charge in [0.2, 0.25) is 0 Å². The first kappa shape index (κ1) is 14.2. The molecule has 2 aromatic heterocycles. The number of aromatic nitrogens is 3. The highest BCUT2D eigenvalue weighted by molar-refractivity contribution is 5.50. The third-order valence-electron chi connectivity index (χ3n) is 5.28. The second-order valence-corrected chi connectivity index (χ2v) is 6.54. The lowest BCUT2D eigenvalue weighted by atomic mass is 9.93. The monoisotopic (exact) mass is 300 g/mol. The van der Waals surface area contributed by atoms with Crippen LogP contribution >= 0.6 is 0 Å². The van der Waals surface area contributed by atoms with Gasteiger partial charge in [0.25, 0.3) is 0 Å². The van der Waals surface area contributed by atoms with Crippen molar-refractivity contribution < 1.29 is 4.74 Å². The van der Waals surface area contributed by atoms with Crippen LogP contribution in [0.4, 0.5) is 0 Å². The molecule has 5 heteroatoms. The van der Waals surface area contributed by atoms with E-state index in [2.05, 4.69) is 27.4 Å². The molecule has 2 saturated heterocycles. The summed E-state index contributed by atoms with van der Waals surface area (Å²) < 4.78 is 7.72. The van der Waals surface area contributed by atoms with Crippen molar-refractivity contribution in [3.05, 3.63) is 30.1 Å². The smallest absolute Gasteiger partial charge is 0.116 e. The first-order chi connectivity index (χ1) is 10.8. The van der Waals surface area contributed by atoms with Crippen LogP contribution in [0.1, 0.15) is 43.1 Å². The molecule has 5 nitrogen and oxygen atoms in total. The number of piperidine rings is 1. The van der Waals surface area contributed by atoms with E-state index >= 15 is 0 Å². The second kappa shape index (κ2) is 5.97. The van der Waals surface area contributed by atoms with Crippen LogP contribution in [0.2, 0.25) is 0 Å². The Morgan fingerprint density at radius 1 is 1.09 bits per heavy atom. The summed E-state index contributed by atoms with van der Waals surface area (Å²) in [5, 5.41) is 0. The molecule has 22 heavy (non-hydrogen) atoms. The molecule has 0 aliphatic carbocycles. The van der Waals surface area contributed by atoms with Crippen LogP contribution in [0.3, 0.4) is 0 Å². The summed E-state index contributed by atoms with van der Waals surface area (Å²) in [6.45, 7) is 6.29. The highest BCUT2D eigenvalue weighted by atomic mass is 16.5. The summed E-state index contributed by atoms with van der Waals surface area (Å²) in [5.74, 6) is 1.78. The molecular formula is C17H24N4O. The molecule has 4 rings (SSSR count).